The van der Waals surface area contributed by atoms with Gasteiger partial charge in [-0.15, -0.1) is 0 Å². The zero-order valence-electron chi connectivity index (χ0n) is 11.5. The van der Waals surface area contributed by atoms with Crippen molar-refractivity contribution in [2.24, 2.45) is 0 Å². The highest BCUT2D eigenvalue weighted by Gasteiger charge is 2.29. The highest BCUT2D eigenvalue weighted by Crippen LogP contribution is 2.25. The van der Waals surface area contributed by atoms with Crippen molar-refractivity contribution < 1.29 is 14.6 Å². The monoisotopic (exact) mass is 263 g/mol. The van der Waals surface area contributed by atoms with Gasteiger partial charge < -0.3 is 9.84 Å². The Labute approximate surface area is 114 Å². The molecule has 1 N–H and O–H groups in total. The maximum Gasteiger partial charge on any atom is 0.305 e. The third kappa shape index (κ3) is 3.55. The summed E-state index contributed by atoms with van der Waals surface area (Å²) in [5, 5.41) is 8.99. The Morgan fingerprint density at radius 3 is 2.79 bits per heavy atom. The molecular formula is C15H21NO3. The van der Waals surface area contributed by atoms with Crippen LogP contribution in [0.4, 0.5) is 0 Å². The van der Waals surface area contributed by atoms with Crippen LogP contribution in [-0.2, 0) is 9.53 Å². The summed E-state index contributed by atoms with van der Waals surface area (Å²) >= 11 is 0. The zero-order chi connectivity index (χ0) is 13.8. The van der Waals surface area contributed by atoms with Gasteiger partial charge in [-0.25, -0.2) is 0 Å². The van der Waals surface area contributed by atoms with E-state index in [0.717, 1.165) is 6.54 Å². The molecular weight excluding hydrogens is 242 g/mol. The fourth-order valence-electron chi connectivity index (χ4n) is 2.59. The summed E-state index contributed by atoms with van der Waals surface area (Å²) in [5.74, 6) is -0.767. The third-order valence-corrected chi connectivity index (χ3v) is 3.74. The topological polar surface area (TPSA) is 49.8 Å². The Morgan fingerprint density at radius 1 is 1.47 bits per heavy atom. The van der Waals surface area contributed by atoms with Gasteiger partial charge in [0, 0.05) is 18.6 Å². The van der Waals surface area contributed by atoms with Crippen LogP contribution >= 0.6 is 0 Å². The summed E-state index contributed by atoms with van der Waals surface area (Å²) < 4.78 is 5.41. The molecule has 2 unspecified atom stereocenters. The van der Waals surface area contributed by atoms with Gasteiger partial charge in [0.1, 0.15) is 0 Å². The third-order valence-electron chi connectivity index (χ3n) is 3.74. The number of ether oxygens (including phenoxy) is 1. The van der Waals surface area contributed by atoms with Crippen LogP contribution in [-0.4, -0.2) is 41.8 Å². The van der Waals surface area contributed by atoms with E-state index in [9.17, 15) is 4.79 Å². The van der Waals surface area contributed by atoms with Crippen molar-refractivity contribution in [2.75, 3.05) is 19.8 Å². The van der Waals surface area contributed by atoms with Crippen LogP contribution in [0.2, 0.25) is 0 Å². The Balaban J connectivity index is 2.12. The number of morpholine rings is 1. The van der Waals surface area contributed by atoms with Gasteiger partial charge in [0.2, 0.25) is 0 Å². The summed E-state index contributed by atoms with van der Waals surface area (Å²) in [6.45, 7) is 6.16. The van der Waals surface area contributed by atoms with Gasteiger partial charge in [-0.05, 0) is 19.4 Å². The molecule has 0 spiro atoms. The SMILES string of the molecule is Cc1ccc(C(C)N2CCOCC2CC(=O)O)cc1. The summed E-state index contributed by atoms with van der Waals surface area (Å²) in [6.07, 6.45) is 0.135. The first-order valence-electron chi connectivity index (χ1n) is 6.70. The van der Waals surface area contributed by atoms with Gasteiger partial charge in [-0.1, -0.05) is 29.8 Å². The van der Waals surface area contributed by atoms with E-state index < -0.39 is 5.97 Å². The summed E-state index contributed by atoms with van der Waals surface area (Å²) in [6, 6.07) is 8.61. The zero-order valence-corrected chi connectivity index (χ0v) is 11.5. The normalized spacial score (nSPS) is 22.1. The average Bonchev–Trinajstić information content (AvgIpc) is 2.39. The number of carbonyl (C=O) groups is 1. The Kier molecular flexibility index (Phi) is 4.56. The molecule has 2 rings (SSSR count). The molecule has 1 aromatic rings. The molecule has 1 aliphatic rings. The van der Waals surface area contributed by atoms with Gasteiger partial charge in [-0.2, -0.15) is 0 Å². The molecule has 2 atom stereocenters. The Bertz CT molecular complexity index is 430. The molecule has 4 heteroatoms. The van der Waals surface area contributed by atoms with Gasteiger partial charge in [0.25, 0.3) is 0 Å². The van der Waals surface area contributed by atoms with E-state index >= 15 is 0 Å². The van der Waals surface area contributed by atoms with Crippen LogP contribution in [0.5, 0.6) is 0 Å². The van der Waals surface area contributed by atoms with E-state index in [1.807, 2.05) is 0 Å². The van der Waals surface area contributed by atoms with Crippen molar-refractivity contribution in [1.82, 2.24) is 4.90 Å². The molecule has 0 radical (unpaired) electrons. The quantitative estimate of drug-likeness (QED) is 0.905. The molecule has 0 saturated carbocycles. The minimum Gasteiger partial charge on any atom is -0.481 e. The molecule has 1 heterocycles. The standard InChI is InChI=1S/C15H21NO3/c1-11-3-5-13(6-4-11)12(2)16-7-8-19-10-14(16)9-15(17)18/h3-6,12,14H,7-10H2,1-2H3,(H,17,18). The van der Waals surface area contributed by atoms with E-state index in [0.29, 0.717) is 13.2 Å². The lowest BCUT2D eigenvalue weighted by Gasteiger charge is -2.39. The van der Waals surface area contributed by atoms with Crippen LogP contribution < -0.4 is 0 Å². The molecule has 0 aromatic heterocycles. The molecule has 0 aliphatic carbocycles. The second-order valence-corrected chi connectivity index (χ2v) is 5.15. The number of hydrogen-bond acceptors (Lipinski definition) is 3. The highest BCUT2D eigenvalue weighted by molar-refractivity contribution is 5.67. The van der Waals surface area contributed by atoms with Crippen molar-refractivity contribution in [2.45, 2.75) is 32.4 Å². The van der Waals surface area contributed by atoms with E-state index in [-0.39, 0.29) is 18.5 Å². The number of rotatable bonds is 4. The second kappa shape index (κ2) is 6.17. The van der Waals surface area contributed by atoms with Crippen LogP contribution in [0.3, 0.4) is 0 Å². The fourth-order valence-corrected chi connectivity index (χ4v) is 2.59. The van der Waals surface area contributed by atoms with Crippen LogP contribution in [0.25, 0.3) is 0 Å². The van der Waals surface area contributed by atoms with Gasteiger partial charge in [-0.3, -0.25) is 9.69 Å². The maximum atomic E-state index is 10.9. The van der Waals surface area contributed by atoms with Crippen molar-refractivity contribution in [3.8, 4) is 0 Å². The summed E-state index contributed by atoms with van der Waals surface area (Å²) in [7, 11) is 0. The first-order valence-corrected chi connectivity index (χ1v) is 6.70. The molecule has 1 aliphatic heterocycles. The molecule has 104 valence electrons. The number of hydrogen-bond donors (Lipinski definition) is 1. The summed E-state index contributed by atoms with van der Waals surface area (Å²) in [5.41, 5.74) is 2.46. The van der Waals surface area contributed by atoms with Crippen molar-refractivity contribution >= 4 is 5.97 Å². The largest absolute Gasteiger partial charge is 0.481 e. The lowest BCUT2D eigenvalue weighted by atomic mass is 10.0. The van der Waals surface area contributed by atoms with Crippen molar-refractivity contribution in [1.29, 1.82) is 0 Å². The van der Waals surface area contributed by atoms with Gasteiger partial charge in [0.05, 0.1) is 19.6 Å². The predicted molar refractivity (Wildman–Crippen MR) is 73.2 cm³/mol. The molecule has 1 aromatic carbocycles. The number of aryl methyl sites for hydroxylation is 1. The Morgan fingerprint density at radius 2 is 2.16 bits per heavy atom. The van der Waals surface area contributed by atoms with Gasteiger partial charge >= 0.3 is 5.97 Å². The van der Waals surface area contributed by atoms with E-state index in [2.05, 4.69) is 43.0 Å². The number of benzene rings is 1. The average molecular weight is 263 g/mol. The number of carboxylic acids is 1. The summed E-state index contributed by atoms with van der Waals surface area (Å²) in [4.78, 5) is 13.2. The van der Waals surface area contributed by atoms with E-state index in [1.54, 1.807) is 0 Å². The van der Waals surface area contributed by atoms with Crippen LogP contribution in [0.15, 0.2) is 24.3 Å². The minimum absolute atomic E-state index is 0.0393. The highest BCUT2D eigenvalue weighted by atomic mass is 16.5. The number of carboxylic acid groups (broad SMARTS) is 1. The van der Waals surface area contributed by atoms with Crippen molar-refractivity contribution in [3.05, 3.63) is 35.4 Å². The predicted octanol–water partition coefficient (Wildman–Crippen LogP) is 2.23. The maximum absolute atomic E-state index is 10.9. The fraction of sp³-hybridized carbons (Fsp3) is 0.533. The number of nitrogens with zero attached hydrogens (tertiary/aromatic N) is 1. The minimum atomic E-state index is -0.767. The lowest BCUT2D eigenvalue weighted by Crippen LogP contribution is -2.47. The van der Waals surface area contributed by atoms with Gasteiger partial charge in [0.15, 0.2) is 0 Å². The lowest BCUT2D eigenvalue weighted by molar-refractivity contribution is -0.140. The second-order valence-electron chi connectivity index (χ2n) is 5.15. The van der Waals surface area contributed by atoms with E-state index in [1.165, 1.54) is 11.1 Å². The first kappa shape index (κ1) is 14.0. The van der Waals surface area contributed by atoms with Crippen LogP contribution in [0.1, 0.15) is 30.5 Å². The van der Waals surface area contributed by atoms with E-state index in [4.69, 9.17) is 9.84 Å². The molecule has 19 heavy (non-hydrogen) atoms. The molecule has 0 bridgehead atoms. The van der Waals surface area contributed by atoms with Crippen molar-refractivity contribution in [3.63, 3.8) is 0 Å². The molecule has 0 amide bonds. The van der Waals surface area contributed by atoms with Crippen LogP contribution in [0, 0.1) is 6.92 Å². The molecule has 1 fully saturated rings. The first-order chi connectivity index (χ1) is 9.08. The molecule has 4 nitrogen and oxygen atoms in total. The molecule has 1 saturated heterocycles. The number of aliphatic carboxylic acids is 1. The smallest absolute Gasteiger partial charge is 0.305 e. The Hall–Kier alpha value is -1.39.